The topological polar surface area (TPSA) is 96.5 Å². The van der Waals surface area contributed by atoms with Gasteiger partial charge < -0.3 is 10.1 Å². The molecular weight excluding hydrogens is 375 g/mol. The average molecular weight is 387 g/mol. The van der Waals surface area contributed by atoms with Crippen LogP contribution in [-0.2, 0) is 17.5 Å². The van der Waals surface area contributed by atoms with Crippen molar-refractivity contribution in [3.05, 3.63) is 34.8 Å². The van der Waals surface area contributed by atoms with Gasteiger partial charge in [-0.15, -0.1) is 10.2 Å². The quantitative estimate of drug-likeness (QED) is 0.841. The smallest absolute Gasteiger partial charge is 0.445 e. The number of aromatic nitrogens is 2. The largest absolute Gasteiger partial charge is 0.447 e. The van der Waals surface area contributed by atoms with Crippen LogP contribution in [0.25, 0.3) is 0 Å². The zero-order valence-electron chi connectivity index (χ0n) is 13.0. The summed E-state index contributed by atoms with van der Waals surface area (Å²) in [5, 5.41) is 9.53. The maximum atomic E-state index is 12.4. The van der Waals surface area contributed by atoms with E-state index in [0.717, 1.165) is 0 Å². The van der Waals surface area contributed by atoms with Crippen LogP contribution >= 0.6 is 11.3 Å². The number of urea groups is 1. The third kappa shape index (κ3) is 4.20. The van der Waals surface area contributed by atoms with Crippen LogP contribution in [0.15, 0.2) is 24.3 Å². The molecule has 0 radical (unpaired) electrons. The molecule has 0 saturated carbocycles. The highest BCUT2D eigenvalue weighted by Gasteiger charge is 2.35. The van der Waals surface area contributed by atoms with Crippen molar-refractivity contribution < 1.29 is 27.5 Å². The molecule has 0 unspecified atom stereocenters. The molecular formula is C14H12F3N5O3S. The second-order valence-electron chi connectivity index (χ2n) is 5.15. The molecule has 8 nitrogen and oxygen atoms in total. The summed E-state index contributed by atoms with van der Waals surface area (Å²) in [6.45, 7) is 0.855. The lowest BCUT2D eigenvalue weighted by atomic mass is 10.2. The Hall–Kier alpha value is -2.89. The van der Waals surface area contributed by atoms with Gasteiger partial charge in [-0.3, -0.25) is 10.2 Å². The van der Waals surface area contributed by atoms with Crippen molar-refractivity contribution in [2.75, 3.05) is 23.4 Å². The van der Waals surface area contributed by atoms with E-state index in [1.165, 1.54) is 4.90 Å². The van der Waals surface area contributed by atoms with Gasteiger partial charge in [0, 0.05) is 12.2 Å². The lowest BCUT2D eigenvalue weighted by molar-refractivity contribution is -0.138. The molecule has 1 aromatic carbocycles. The van der Waals surface area contributed by atoms with Crippen molar-refractivity contribution in [3.63, 3.8) is 0 Å². The maximum absolute atomic E-state index is 12.4. The molecule has 1 saturated heterocycles. The number of anilines is 2. The number of rotatable bonds is 4. The number of benzene rings is 1. The SMILES string of the molecule is O=C(NCc1cccc(N2CCOC2=O)c1)Nc1nnc(C(F)(F)F)s1. The predicted molar refractivity (Wildman–Crippen MR) is 85.9 cm³/mol. The van der Waals surface area contributed by atoms with Crippen LogP contribution in [0.3, 0.4) is 0 Å². The first kappa shape index (κ1) is 17.9. The Morgan fingerprint density at radius 2 is 2.15 bits per heavy atom. The lowest BCUT2D eigenvalue weighted by Gasteiger charge is -2.14. The first-order valence-corrected chi connectivity index (χ1v) is 8.13. The van der Waals surface area contributed by atoms with E-state index >= 15 is 0 Å². The molecule has 3 amide bonds. The summed E-state index contributed by atoms with van der Waals surface area (Å²) in [4.78, 5) is 24.8. The predicted octanol–water partition coefficient (Wildman–Crippen LogP) is 2.84. The summed E-state index contributed by atoms with van der Waals surface area (Å²) in [6.07, 6.45) is -5.05. The van der Waals surface area contributed by atoms with Crippen LogP contribution in [0.1, 0.15) is 10.6 Å². The molecule has 138 valence electrons. The Bertz CT molecular complexity index is 826. The molecule has 1 aliphatic heterocycles. The molecule has 0 spiro atoms. The van der Waals surface area contributed by atoms with E-state index < -0.39 is 23.3 Å². The van der Waals surface area contributed by atoms with E-state index in [0.29, 0.717) is 24.4 Å². The lowest BCUT2D eigenvalue weighted by Crippen LogP contribution is -2.28. The van der Waals surface area contributed by atoms with Crippen molar-refractivity contribution in [1.82, 2.24) is 15.5 Å². The minimum atomic E-state index is -4.61. The van der Waals surface area contributed by atoms with E-state index in [9.17, 15) is 22.8 Å². The van der Waals surface area contributed by atoms with Crippen LogP contribution in [0.5, 0.6) is 0 Å². The van der Waals surface area contributed by atoms with E-state index in [-0.39, 0.29) is 23.0 Å². The minimum absolute atomic E-state index is 0.105. The van der Waals surface area contributed by atoms with E-state index in [1.54, 1.807) is 24.3 Å². The number of carbonyl (C=O) groups is 2. The van der Waals surface area contributed by atoms with Crippen LogP contribution < -0.4 is 15.5 Å². The summed E-state index contributed by atoms with van der Waals surface area (Å²) in [7, 11) is 0. The number of ether oxygens (including phenoxy) is 1. The summed E-state index contributed by atoms with van der Waals surface area (Å²) in [6, 6.07) is 6.17. The number of nitrogens with zero attached hydrogens (tertiary/aromatic N) is 3. The number of alkyl halides is 3. The molecule has 0 bridgehead atoms. The maximum Gasteiger partial charge on any atom is 0.445 e. The molecule has 0 atom stereocenters. The Labute approximate surface area is 149 Å². The monoisotopic (exact) mass is 387 g/mol. The van der Waals surface area contributed by atoms with Gasteiger partial charge in [0.25, 0.3) is 0 Å². The number of amides is 3. The highest BCUT2D eigenvalue weighted by molar-refractivity contribution is 7.15. The summed E-state index contributed by atoms with van der Waals surface area (Å²) in [5.74, 6) is 0. The first-order valence-electron chi connectivity index (χ1n) is 7.32. The second kappa shape index (κ2) is 7.15. The van der Waals surface area contributed by atoms with Crippen molar-refractivity contribution in [2.45, 2.75) is 12.7 Å². The first-order chi connectivity index (χ1) is 12.3. The summed E-state index contributed by atoms with van der Waals surface area (Å²) in [5.41, 5.74) is 1.33. The molecule has 2 aromatic rings. The standard InChI is InChI=1S/C14H12F3N5O3S/c15-14(16,17)10-20-21-12(26-10)19-11(23)18-7-8-2-1-3-9(6-8)22-4-5-25-13(22)24/h1-3,6H,4-5,7H2,(H2,18,19,21,23). The summed E-state index contributed by atoms with van der Waals surface area (Å²) >= 11 is 0.232. The molecule has 0 aliphatic carbocycles. The molecule has 26 heavy (non-hydrogen) atoms. The zero-order chi connectivity index (χ0) is 18.7. The molecule has 2 N–H and O–H groups in total. The zero-order valence-corrected chi connectivity index (χ0v) is 13.9. The highest BCUT2D eigenvalue weighted by Crippen LogP contribution is 2.32. The molecule has 12 heteroatoms. The Morgan fingerprint density at radius 1 is 1.35 bits per heavy atom. The third-order valence-corrected chi connectivity index (χ3v) is 4.21. The van der Waals surface area contributed by atoms with Crippen LogP contribution in [-0.4, -0.2) is 35.5 Å². The van der Waals surface area contributed by atoms with Gasteiger partial charge in [0.15, 0.2) is 0 Å². The van der Waals surface area contributed by atoms with E-state index in [4.69, 9.17) is 4.74 Å². The van der Waals surface area contributed by atoms with E-state index in [2.05, 4.69) is 20.8 Å². The Morgan fingerprint density at radius 3 is 2.81 bits per heavy atom. The number of hydrogen-bond acceptors (Lipinski definition) is 6. The van der Waals surface area contributed by atoms with Crippen molar-refractivity contribution in [1.29, 1.82) is 0 Å². The van der Waals surface area contributed by atoms with Crippen molar-refractivity contribution >= 4 is 34.3 Å². The molecule has 2 heterocycles. The average Bonchev–Trinajstić information content (AvgIpc) is 3.22. The van der Waals surface area contributed by atoms with Gasteiger partial charge in [-0.1, -0.05) is 23.5 Å². The van der Waals surface area contributed by atoms with Gasteiger partial charge in [-0.2, -0.15) is 13.2 Å². The molecule has 1 aromatic heterocycles. The fourth-order valence-electron chi connectivity index (χ4n) is 2.17. The number of halogens is 3. The molecule has 1 aliphatic rings. The Balaban J connectivity index is 1.56. The van der Waals surface area contributed by atoms with E-state index in [1.807, 2.05) is 0 Å². The van der Waals surface area contributed by atoms with Gasteiger partial charge in [-0.25, -0.2) is 9.59 Å². The van der Waals surface area contributed by atoms with Gasteiger partial charge in [0.2, 0.25) is 10.1 Å². The fraction of sp³-hybridized carbons (Fsp3) is 0.286. The minimum Gasteiger partial charge on any atom is -0.447 e. The second-order valence-corrected chi connectivity index (χ2v) is 6.13. The van der Waals surface area contributed by atoms with Crippen LogP contribution in [0.2, 0.25) is 0 Å². The van der Waals surface area contributed by atoms with Gasteiger partial charge in [0.1, 0.15) is 6.61 Å². The normalized spacial score (nSPS) is 14.3. The number of nitrogens with one attached hydrogen (secondary N) is 2. The van der Waals surface area contributed by atoms with Gasteiger partial charge in [0.05, 0.1) is 6.54 Å². The third-order valence-electron chi connectivity index (χ3n) is 3.32. The Kier molecular flexibility index (Phi) is 4.93. The van der Waals surface area contributed by atoms with Crippen molar-refractivity contribution in [2.24, 2.45) is 0 Å². The summed E-state index contributed by atoms with van der Waals surface area (Å²) < 4.78 is 42.2. The highest BCUT2D eigenvalue weighted by atomic mass is 32.1. The number of cyclic esters (lactones) is 1. The van der Waals surface area contributed by atoms with Crippen LogP contribution in [0.4, 0.5) is 33.6 Å². The molecule has 1 fully saturated rings. The van der Waals surface area contributed by atoms with Crippen LogP contribution in [0, 0.1) is 0 Å². The van der Waals surface area contributed by atoms with Gasteiger partial charge in [-0.05, 0) is 17.7 Å². The number of hydrogen-bond donors (Lipinski definition) is 2. The fourth-order valence-corrected chi connectivity index (χ4v) is 2.78. The van der Waals surface area contributed by atoms with Crippen molar-refractivity contribution in [3.8, 4) is 0 Å². The molecule has 3 rings (SSSR count). The number of carbonyl (C=O) groups excluding carboxylic acids is 2. The van der Waals surface area contributed by atoms with Gasteiger partial charge >= 0.3 is 18.3 Å².